The Balaban J connectivity index is 2.21. The number of imidazole rings is 1. The topological polar surface area (TPSA) is 101 Å². The Kier molecular flexibility index (Phi) is 5.68. The second-order valence-corrected chi connectivity index (χ2v) is 7.23. The van der Waals surface area contributed by atoms with Crippen molar-refractivity contribution in [3.8, 4) is 0 Å². The fraction of sp³-hybridized carbons (Fsp3) is 0.375. The van der Waals surface area contributed by atoms with Crippen molar-refractivity contribution in [1.29, 1.82) is 0 Å². The highest BCUT2D eigenvalue weighted by molar-refractivity contribution is 7.85. The number of anilines is 1. The molecule has 4 N–H and O–H groups in total. The Labute approximate surface area is 138 Å². The molecule has 124 valence electrons. The van der Waals surface area contributed by atoms with E-state index in [-0.39, 0.29) is 5.91 Å². The van der Waals surface area contributed by atoms with Crippen LogP contribution >= 0.6 is 0 Å². The number of benzene rings is 1. The van der Waals surface area contributed by atoms with Crippen LogP contribution in [0.3, 0.4) is 0 Å². The fourth-order valence-corrected chi connectivity index (χ4v) is 3.29. The molecular formula is C16H22N4O2S. The van der Waals surface area contributed by atoms with E-state index in [1.54, 1.807) is 30.5 Å². The molecule has 2 rings (SSSR count). The van der Waals surface area contributed by atoms with Crippen LogP contribution in [0.1, 0.15) is 26.0 Å². The maximum absolute atomic E-state index is 12.6. The molecule has 1 unspecified atom stereocenters. The number of nitrogens with one attached hydrogen (secondary N) is 2. The summed E-state index contributed by atoms with van der Waals surface area (Å²) in [5, 5.41) is 3.13. The van der Waals surface area contributed by atoms with Crippen LogP contribution < -0.4 is 11.1 Å². The van der Waals surface area contributed by atoms with Gasteiger partial charge in [-0.05, 0) is 31.4 Å². The summed E-state index contributed by atoms with van der Waals surface area (Å²) in [4.78, 5) is 19.7. The van der Waals surface area contributed by atoms with E-state index >= 15 is 0 Å². The summed E-state index contributed by atoms with van der Waals surface area (Å²) in [6, 6.07) is 6.37. The zero-order chi connectivity index (χ0) is 17.0. The maximum atomic E-state index is 12.6. The zero-order valence-corrected chi connectivity index (χ0v) is 14.3. The molecule has 23 heavy (non-hydrogen) atoms. The van der Waals surface area contributed by atoms with Crippen LogP contribution in [0.15, 0.2) is 40.5 Å². The number of rotatable bonds is 6. The Hall–Kier alpha value is -1.99. The van der Waals surface area contributed by atoms with E-state index in [0.717, 1.165) is 5.69 Å². The second-order valence-electron chi connectivity index (χ2n) is 5.86. The number of aromatic amines is 1. The molecule has 0 aliphatic carbocycles. The molecular weight excluding hydrogens is 312 g/mol. The monoisotopic (exact) mass is 334 g/mol. The smallest absolute Gasteiger partial charge is 0.241 e. The normalized spacial score (nSPS) is 13.8. The molecule has 0 bridgehead atoms. The number of amides is 1. The van der Waals surface area contributed by atoms with Crippen molar-refractivity contribution in [2.45, 2.75) is 43.3 Å². The number of aryl methyl sites for hydroxylation is 1. The summed E-state index contributed by atoms with van der Waals surface area (Å²) >= 11 is 0. The lowest BCUT2D eigenvalue weighted by molar-refractivity contribution is -0.117. The van der Waals surface area contributed by atoms with Crippen molar-refractivity contribution in [3.63, 3.8) is 0 Å². The lowest BCUT2D eigenvalue weighted by Gasteiger charge is -2.15. The highest BCUT2D eigenvalue weighted by Gasteiger charge is 2.19. The zero-order valence-electron chi connectivity index (χ0n) is 13.5. The third-order valence-electron chi connectivity index (χ3n) is 3.26. The van der Waals surface area contributed by atoms with Crippen LogP contribution in [0, 0.1) is 12.8 Å². The van der Waals surface area contributed by atoms with Gasteiger partial charge in [-0.2, -0.15) is 0 Å². The minimum Gasteiger partial charge on any atom is -0.335 e. The van der Waals surface area contributed by atoms with Gasteiger partial charge in [-0.15, -0.1) is 0 Å². The number of carbonyl (C=O) groups excluding carboxylic acids is 1. The average Bonchev–Trinajstić information content (AvgIpc) is 2.93. The van der Waals surface area contributed by atoms with Gasteiger partial charge in [0.05, 0.1) is 16.6 Å². The molecule has 1 amide bonds. The highest BCUT2D eigenvalue weighted by atomic mass is 32.2. The van der Waals surface area contributed by atoms with E-state index in [9.17, 15) is 9.00 Å². The Morgan fingerprint density at radius 3 is 2.70 bits per heavy atom. The molecule has 7 heteroatoms. The molecule has 2 aromatic rings. The van der Waals surface area contributed by atoms with Crippen LogP contribution in [0.4, 0.5) is 5.69 Å². The summed E-state index contributed by atoms with van der Waals surface area (Å²) in [7, 11) is -1.50. The number of para-hydroxylation sites is 1. The van der Waals surface area contributed by atoms with Gasteiger partial charge in [-0.25, -0.2) is 9.19 Å². The SMILES string of the molecule is Cc1cnc(S(=O)c2ccccc2NC(=O)[C@@H](N)CC(C)C)[nH]1. The number of hydrogen-bond donors (Lipinski definition) is 3. The second kappa shape index (κ2) is 7.52. The fourth-order valence-electron chi connectivity index (χ4n) is 2.16. The van der Waals surface area contributed by atoms with E-state index in [1.165, 1.54) is 0 Å². The Morgan fingerprint density at radius 1 is 1.39 bits per heavy atom. The molecule has 0 spiro atoms. The van der Waals surface area contributed by atoms with Crippen molar-refractivity contribution < 1.29 is 9.00 Å². The number of H-pyrrole nitrogens is 1. The summed E-state index contributed by atoms with van der Waals surface area (Å²) in [5.74, 6) is 0.0463. The van der Waals surface area contributed by atoms with E-state index in [1.807, 2.05) is 20.8 Å². The van der Waals surface area contributed by atoms with Gasteiger partial charge >= 0.3 is 0 Å². The van der Waals surface area contributed by atoms with Crippen molar-refractivity contribution in [2.75, 3.05) is 5.32 Å². The number of nitrogens with two attached hydrogens (primary N) is 1. The number of aromatic nitrogens is 2. The predicted molar refractivity (Wildman–Crippen MR) is 90.5 cm³/mol. The van der Waals surface area contributed by atoms with E-state index < -0.39 is 16.8 Å². The average molecular weight is 334 g/mol. The van der Waals surface area contributed by atoms with Crippen LogP contribution in [-0.4, -0.2) is 26.1 Å². The lowest BCUT2D eigenvalue weighted by atomic mass is 10.0. The summed E-state index contributed by atoms with van der Waals surface area (Å²) in [6.45, 7) is 5.86. The van der Waals surface area contributed by atoms with Crippen molar-refractivity contribution in [3.05, 3.63) is 36.2 Å². The first-order valence-corrected chi connectivity index (χ1v) is 8.62. The molecule has 1 heterocycles. The maximum Gasteiger partial charge on any atom is 0.241 e. The molecule has 6 nitrogen and oxygen atoms in total. The van der Waals surface area contributed by atoms with Crippen molar-refractivity contribution in [1.82, 2.24) is 9.97 Å². The molecule has 1 aromatic carbocycles. The van der Waals surface area contributed by atoms with Gasteiger partial charge in [-0.3, -0.25) is 4.79 Å². The minimum absolute atomic E-state index is 0.279. The quantitative estimate of drug-likeness (QED) is 0.754. The molecule has 0 radical (unpaired) electrons. The number of hydrogen-bond acceptors (Lipinski definition) is 4. The number of nitrogens with zero attached hydrogens (tertiary/aromatic N) is 1. The van der Waals surface area contributed by atoms with Crippen LogP contribution in [0.25, 0.3) is 0 Å². The van der Waals surface area contributed by atoms with Crippen LogP contribution in [0.5, 0.6) is 0 Å². The highest BCUT2D eigenvalue weighted by Crippen LogP contribution is 2.23. The Morgan fingerprint density at radius 2 is 2.09 bits per heavy atom. The van der Waals surface area contributed by atoms with Gasteiger partial charge < -0.3 is 16.0 Å². The largest absolute Gasteiger partial charge is 0.335 e. The number of carbonyl (C=O) groups is 1. The van der Waals surface area contributed by atoms with Crippen molar-refractivity contribution in [2.24, 2.45) is 11.7 Å². The minimum atomic E-state index is -1.50. The molecule has 2 atom stereocenters. The summed E-state index contributed by atoms with van der Waals surface area (Å²) in [6.07, 6.45) is 2.21. The van der Waals surface area contributed by atoms with Crippen LogP contribution in [0.2, 0.25) is 0 Å². The Bertz CT molecular complexity index is 712. The summed E-state index contributed by atoms with van der Waals surface area (Å²) in [5.41, 5.74) is 7.22. The van der Waals surface area contributed by atoms with E-state index in [2.05, 4.69) is 15.3 Å². The molecule has 0 aliphatic heterocycles. The van der Waals surface area contributed by atoms with E-state index in [4.69, 9.17) is 5.73 Å². The first kappa shape index (κ1) is 17.4. The summed E-state index contributed by atoms with van der Waals surface area (Å²) < 4.78 is 12.6. The molecule has 0 aliphatic rings. The molecule has 0 saturated heterocycles. The predicted octanol–water partition coefficient (Wildman–Crippen LogP) is 2.20. The first-order valence-electron chi connectivity index (χ1n) is 7.47. The lowest BCUT2D eigenvalue weighted by Crippen LogP contribution is -2.36. The standard InChI is InChI=1S/C16H22N4O2S/c1-10(2)8-12(17)15(21)20-13-6-4-5-7-14(13)23(22)16-18-9-11(3)19-16/h4-7,9-10,12H,8,17H2,1-3H3,(H,18,19)(H,20,21)/t12-,23?/m0/s1. The van der Waals surface area contributed by atoms with Crippen LogP contribution in [-0.2, 0) is 15.6 Å². The van der Waals surface area contributed by atoms with Gasteiger partial charge in [-0.1, -0.05) is 26.0 Å². The van der Waals surface area contributed by atoms with Gasteiger partial charge in [0.1, 0.15) is 10.8 Å². The third kappa shape index (κ3) is 4.49. The first-order chi connectivity index (χ1) is 10.9. The third-order valence-corrected chi connectivity index (χ3v) is 4.58. The van der Waals surface area contributed by atoms with Crippen molar-refractivity contribution >= 4 is 22.4 Å². The molecule has 1 aromatic heterocycles. The van der Waals surface area contributed by atoms with Gasteiger partial charge in [0.25, 0.3) is 0 Å². The molecule has 0 fully saturated rings. The van der Waals surface area contributed by atoms with Gasteiger partial charge in [0, 0.05) is 11.9 Å². The van der Waals surface area contributed by atoms with Gasteiger partial charge in [0.2, 0.25) is 11.1 Å². The molecule has 0 saturated carbocycles. The van der Waals surface area contributed by atoms with E-state index in [0.29, 0.717) is 28.1 Å². The van der Waals surface area contributed by atoms with Gasteiger partial charge in [0.15, 0.2) is 0 Å².